The van der Waals surface area contributed by atoms with Crippen molar-refractivity contribution in [2.75, 3.05) is 6.79 Å². The molecule has 1 aliphatic heterocycles. The Balaban J connectivity index is 2.57. The second-order valence-electron chi connectivity index (χ2n) is 2.45. The number of hydrogen-bond donors (Lipinski definition) is 0. The Hall–Kier alpha value is -0.890. The maximum atomic E-state index is 5.86. The molecule has 1 aromatic rings. The third kappa shape index (κ3) is 1.03. The van der Waals surface area contributed by atoms with Crippen LogP contribution >= 0.6 is 11.6 Å². The minimum Gasteiger partial charge on any atom is -0.454 e. The fourth-order valence-electron chi connectivity index (χ4n) is 1.02. The van der Waals surface area contributed by atoms with Gasteiger partial charge in [-0.25, -0.2) is 0 Å². The lowest BCUT2D eigenvalue weighted by molar-refractivity contribution is 0.174. The molecular weight excluding hydrogens is 164 g/mol. The maximum Gasteiger partial charge on any atom is 0.231 e. The van der Waals surface area contributed by atoms with E-state index >= 15 is 0 Å². The number of hydrogen-bond acceptors (Lipinski definition) is 2. The molecule has 3 heteroatoms. The molecule has 1 aliphatic rings. The van der Waals surface area contributed by atoms with Gasteiger partial charge in [0.2, 0.25) is 6.79 Å². The smallest absolute Gasteiger partial charge is 0.231 e. The third-order valence-corrected chi connectivity index (χ3v) is 2.06. The molecule has 0 amide bonds. The molecule has 1 heterocycles. The number of rotatable bonds is 0. The molecule has 58 valence electrons. The summed E-state index contributed by atoms with van der Waals surface area (Å²) in [5.41, 5.74) is 1.01. The predicted molar refractivity (Wildman–Crippen MR) is 42.3 cm³/mol. The first-order valence-corrected chi connectivity index (χ1v) is 3.71. The Kier molecular flexibility index (Phi) is 1.43. The van der Waals surface area contributed by atoms with Gasteiger partial charge < -0.3 is 9.47 Å². The molecule has 0 unspecified atom stereocenters. The summed E-state index contributed by atoms with van der Waals surface area (Å²) in [5, 5.41) is 0.717. The highest BCUT2D eigenvalue weighted by molar-refractivity contribution is 6.31. The molecule has 0 N–H and O–H groups in total. The third-order valence-electron chi connectivity index (χ3n) is 1.65. The molecule has 0 atom stereocenters. The Labute approximate surface area is 69.7 Å². The highest BCUT2D eigenvalue weighted by Gasteiger charge is 2.14. The fourth-order valence-corrected chi connectivity index (χ4v) is 1.17. The summed E-state index contributed by atoms with van der Waals surface area (Å²) in [5.74, 6) is 1.52. The van der Waals surface area contributed by atoms with Gasteiger partial charge in [-0.15, -0.1) is 0 Å². The van der Waals surface area contributed by atoms with Crippen LogP contribution in [-0.2, 0) is 0 Å². The minimum absolute atomic E-state index is 0.301. The standard InChI is InChI=1S/C8H7ClO2/c1-5-2-7-8(3-6(5)9)11-4-10-7/h2-3H,4H2,1H3. The van der Waals surface area contributed by atoms with E-state index < -0.39 is 0 Å². The monoisotopic (exact) mass is 170 g/mol. The highest BCUT2D eigenvalue weighted by atomic mass is 35.5. The van der Waals surface area contributed by atoms with Crippen LogP contribution in [0.15, 0.2) is 12.1 Å². The van der Waals surface area contributed by atoms with Crippen molar-refractivity contribution in [2.24, 2.45) is 0 Å². The normalized spacial score (nSPS) is 13.6. The molecule has 0 fully saturated rings. The number of halogens is 1. The number of benzene rings is 1. The molecule has 0 bridgehead atoms. The van der Waals surface area contributed by atoms with Crippen molar-refractivity contribution in [3.63, 3.8) is 0 Å². The first kappa shape index (κ1) is 6.80. The quantitative estimate of drug-likeness (QED) is 0.595. The van der Waals surface area contributed by atoms with Crippen molar-refractivity contribution in [3.05, 3.63) is 22.7 Å². The van der Waals surface area contributed by atoms with Crippen molar-refractivity contribution in [1.82, 2.24) is 0 Å². The van der Waals surface area contributed by atoms with Gasteiger partial charge in [0.05, 0.1) is 0 Å². The molecule has 0 saturated heterocycles. The fraction of sp³-hybridized carbons (Fsp3) is 0.250. The highest BCUT2D eigenvalue weighted by Crippen LogP contribution is 2.36. The van der Waals surface area contributed by atoms with Crippen LogP contribution in [0.2, 0.25) is 5.02 Å². The first-order chi connectivity index (χ1) is 5.27. The van der Waals surface area contributed by atoms with Crippen molar-refractivity contribution >= 4 is 11.6 Å². The summed E-state index contributed by atoms with van der Waals surface area (Å²) in [7, 11) is 0. The molecule has 11 heavy (non-hydrogen) atoms. The van der Waals surface area contributed by atoms with E-state index in [1.54, 1.807) is 6.07 Å². The van der Waals surface area contributed by atoms with E-state index in [1.165, 1.54) is 0 Å². The molecule has 0 radical (unpaired) electrons. The summed E-state index contributed by atoms with van der Waals surface area (Å²) in [4.78, 5) is 0. The number of aryl methyl sites for hydroxylation is 1. The van der Waals surface area contributed by atoms with E-state index in [1.807, 2.05) is 13.0 Å². The van der Waals surface area contributed by atoms with Crippen LogP contribution in [0.5, 0.6) is 11.5 Å². The van der Waals surface area contributed by atoms with Crippen LogP contribution in [0.1, 0.15) is 5.56 Å². The Morgan fingerprint density at radius 1 is 1.27 bits per heavy atom. The second-order valence-corrected chi connectivity index (χ2v) is 2.86. The molecule has 0 spiro atoms. The number of ether oxygens (including phenoxy) is 2. The molecule has 2 rings (SSSR count). The molecule has 0 aromatic heterocycles. The zero-order valence-electron chi connectivity index (χ0n) is 6.06. The van der Waals surface area contributed by atoms with E-state index in [2.05, 4.69) is 0 Å². The van der Waals surface area contributed by atoms with Crippen LogP contribution < -0.4 is 9.47 Å². The van der Waals surface area contributed by atoms with Crippen molar-refractivity contribution in [2.45, 2.75) is 6.92 Å². The topological polar surface area (TPSA) is 18.5 Å². The molecule has 0 aliphatic carbocycles. The predicted octanol–water partition coefficient (Wildman–Crippen LogP) is 2.38. The lowest BCUT2D eigenvalue weighted by atomic mass is 10.2. The summed E-state index contributed by atoms with van der Waals surface area (Å²) >= 11 is 5.86. The van der Waals surface area contributed by atoms with Gasteiger partial charge in [0.25, 0.3) is 0 Å². The van der Waals surface area contributed by atoms with E-state index in [-0.39, 0.29) is 0 Å². The van der Waals surface area contributed by atoms with Crippen molar-refractivity contribution in [1.29, 1.82) is 0 Å². The lowest BCUT2D eigenvalue weighted by Crippen LogP contribution is -1.92. The maximum absolute atomic E-state index is 5.86. The Morgan fingerprint density at radius 3 is 2.64 bits per heavy atom. The van der Waals surface area contributed by atoms with Crippen LogP contribution in [0.3, 0.4) is 0 Å². The first-order valence-electron chi connectivity index (χ1n) is 3.33. The van der Waals surface area contributed by atoms with E-state index in [4.69, 9.17) is 21.1 Å². The van der Waals surface area contributed by atoms with E-state index in [0.717, 1.165) is 17.1 Å². The van der Waals surface area contributed by atoms with Gasteiger partial charge >= 0.3 is 0 Å². The van der Waals surface area contributed by atoms with Crippen LogP contribution in [0, 0.1) is 6.92 Å². The van der Waals surface area contributed by atoms with E-state index in [0.29, 0.717) is 11.8 Å². The molecule has 2 nitrogen and oxygen atoms in total. The van der Waals surface area contributed by atoms with Crippen LogP contribution in [0.4, 0.5) is 0 Å². The minimum atomic E-state index is 0.301. The zero-order valence-corrected chi connectivity index (χ0v) is 6.81. The van der Waals surface area contributed by atoms with Gasteiger partial charge in [-0.3, -0.25) is 0 Å². The van der Waals surface area contributed by atoms with E-state index in [9.17, 15) is 0 Å². The summed E-state index contributed by atoms with van der Waals surface area (Å²) < 4.78 is 10.3. The SMILES string of the molecule is Cc1cc2c(cc1Cl)OCO2. The average molecular weight is 171 g/mol. The van der Waals surface area contributed by atoms with Crippen molar-refractivity contribution in [3.8, 4) is 11.5 Å². The molecule has 0 saturated carbocycles. The molecule has 1 aromatic carbocycles. The van der Waals surface area contributed by atoms with Gasteiger partial charge in [-0.1, -0.05) is 11.6 Å². The second kappa shape index (κ2) is 2.31. The van der Waals surface area contributed by atoms with Crippen LogP contribution in [-0.4, -0.2) is 6.79 Å². The summed E-state index contributed by atoms with van der Waals surface area (Å²) in [6, 6.07) is 3.66. The number of fused-ring (bicyclic) bond motifs is 1. The lowest BCUT2D eigenvalue weighted by Gasteiger charge is -1.99. The summed E-state index contributed by atoms with van der Waals surface area (Å²) in [6.45, 7) is 2.24. The van der Waals surface area contributed by atoms with Gasteiger partial charge in [0, 0.05) is 11.1 Å². The average Bonchev–Trinajstić information content (AvgIpc) is 2.36. The zero-order chi connectivity index (χ0) is 7.84. The largest absolute Gasteiger partial charge is 0.454 e. The Bertz CT molecular complexity index is 267. The van der Waals surface area contributed by atoms with Gasteiger partial charge in [0.1, 0.15) is 0 Å². The van der Waals surface area contributed by atoms with Gasteiger partial charge in [-0.2, -0.15) is 0 Å². The van der Waals surface area contributed by atoms with Gasteiger partial charge in [0.15, 0.2) is 11.5 Å². The molecular formula is C8H7ClO2. The van der Waals surface area contributed by atoms with Crippen LogP contribution in [0.25, 0.3) is 0 Å². The van der Waals surface area contributed by atoms with Gasteiger partial charge in [-0.05, 0) is 18.6 Å². The van der Waals surface area contributed by atoms with Crippen molar-refractivity contribution < 1.29 is 9.47 Å². The Morgan fingerprint density at radius 2 is 1.91 bits per heavy atom. The summed E-state index contributed by atoms with van der Waals surface area (Å²) in [6.07, 6.45) is 0.